The molecule has 1 fully saturated rings. The quantitative estimate of drug-likeness (QED) is 0.369. The Morgan fingerprint density at radius 3 is 2.56 bits per heavy atom. The maximum absolute atomic E-state index is 13.8. The topological polar surface area (TPSA) is 110 Å². The molecule has 0 saturated heterocycles. The first-order chi connectivity index (χ1) is 12.1. The van der Waals surface area contributed by atoms with Gasteiger partial charge in [-0.05, 0) is 25.0 Å². The Morgan fingerprint density at radius 1 is 1.24 bits per heavy atom. The Bertz CT molecular complexity index is 607. The van der Waals surface area contributed by atoms with Crippen LogP contribution in [0.1, 0.15) is 38.5 Å². The summed E-state index contributed by atoms with van der Waals surface area (Å²) in [4.78, 5) is 8.31. The minimum atomic E-state index is -0.479. The largest absolute Gasteiger partial charge is 0.494 e. The minimum Gasteiger partial charge on any atom is -0.494 e. The molecule has 6 N–H and O–H groups in total. The van der Waals surface area contributed by atoms with Crippen LogP contribution < -0.4 is 26.8 Å². The first kappa shape index (κ1) is 19.0. The summed E-state index contributed by atoms with van der Waals surface area (Å²) in [6.45, 7) is 0.391. The first-order valence-corrected chi connectivity index (χ1v) is 8.56. The van der Waals surface area contributed by atoms with Crippen LogP contribution in [0.2, 0.25) is 0 Å². The van der Waals surface area contributed by atoms with E-state index in [2.05, 4.69) is 20.6 Å². The number of ether oxygens (including phenoxy) is 1. The molecule has 0 atom stereocenters. The average molecular weight is 350 g/mol. The molecular formula is C17H27FN6O. The third-order valence-corrected chi connectivity index (χ3v) is 4.11. The van der Waals surface area contributed by atoms with E-state index in [0.717, 1.165) is 12.8 Å². The van der Waals surface area contributed by atoms with Crippen LogP contribution in [0.5, 0.6) is 5.75 Å². The summed E-state index contributed by atoms with van der Waals surface area (Å²) < 4.78 is 18.7. The number of guanidine groups is 2. The van der Waals surface area contributed by atoms with Gasteiger partial charge >= 0.3 is 0 Å². The number of hydrogen-bond acceptors (Lipinski definition) is 3. The molecule has 25 heavy (non-hydrogen) atoms. The second-order valence-corrected chi connectivity index (χ2v) is 6.04. The van der Waals surface area contributed by atoms with Gasteiger partial charge in [0, 0.05) is 17.8 Å². The van der Waals surface area contributed by atoms with E-state index >= 15 is 0 Å². The van der Waals surface area contributed by atoms with Gasteiger partial charge in [0.15, 0.2) is 17.5 Å². The van der Waals surface area contributed by atoms with Gasteiger partial charge in [0.05, 0.1) is 13.8 Å². The zero-order chi connectivity index (χ0) is 18.1. The molecule has 1 aliphatic rings. The number of nitrogens with zero attached hydrogens (tertiary/aromatic N) is 2. The summed E-state index contributed by atoms with van der Waals surface area (Å²) in [5.74, 6) is -0.200. The van der Waals surface area contributed by atoms with Gasteiger partial charge in [0.25, 0.3) is 0 Å². The SMILES string of the molecule is COc1ccc(N/C(N=C(N)N)=N/CNC2CCCCCC2)cc1F. The normalized spacial score (nSPS) is 16.2. The van der Waals surface area contributed by atoms with Gasteiger partial charge in [0.1, 0.15) is 0 Å². The smallest absolute Gasteiger partial charge is 0.227 e. The maximum atomic E-state index is 13.8. The van der Waals surface area contributed by atoms with E-state index in [4.69, 9.17) is 16.2 Å². The second-order valence-electron chi connectivity index (χ2n) is 6.04. The van der Waals surface area contributed by atoms with Gasteiger partial charge in [-0.15, -0.1) is 0 Å². The number of nitrogens with one attached hydrogen (secondary N) is 2. The Kier molecular flexibility index (Phi) is 7.46. The molecule has 1 saturated carbocycles. The maximum Gasteiger partial charge on any atom is 0.227 e. The van der Waals surface area contributed by atoms with Crippen LogP contribution in [0.25, 0.3) is 0 Å². The molecule has 2 rings (SSSR count). The first-order valence-electron chi connectivity index (χ1n) is 8.56. The van der Waals surface area contributed by atoms with E-state index in [-0.39, 0.29) is 17.7 Å². The number of benzene rings is 1. The highest BCUT2D eigenvalue weighted by Gasteiger charge is 2.11. The Morgan fingerprint density at radius 2 is 1.96 bits per heavy atom. The molecule has 7 nitrogen and oxygen atoms in total. The number of hydrogen-bond donors (Lipinski definition) is 4. The minimum absolute atomic E-state index is 0.116. The van der Waals surface area contributed by atoms with Gasteiger partial charge in [-0.1, -0.05) is 25.7 Å². The summed E-state index contributed by atoms with van der Waals surface area (Å²) in [5, 5.41) is 6.33. The standard InChI is InChI=1S/C17H27FN6O/c1-25-15-9-8-13(10-14(15)18)23-17(24-16(19)20)22-11-21-12-6-4-2-3-5-7-12/h8-10,12,21H,2-7,11H2,1H3,(H5,19,20,22,23,24). The monoisotopic (exact) mass is 350 g/mol. The summed E-state index contributed by atoms with van der Waals surface area (Å²) in [7, 11) is 1.41. The lowest BCUT2D eigenvalue weighted by Crippen LogP contribution is -2.30. The average Bonchev–Trinajstić information content (AvgIpc) is 2.83. The molecule has 0 heterocycles. The van der Waals surface area contributed by atoms with Gasteiger partial charge in [-0.3, -0.25) is 5.32 Å². The third-order valence-electron chi connectivity index (χ3n) is 4.11. The summed E-state index contributed by atoms with van der Waals surface area (Å²) >= 11 is 0. The number of anilines is 1. The molecule has 1 aliphatic carbocycles. The van der Waals surface area contributed by atoms with E-state index in [9.17, 15) is 4.39 Å². The number of aliphatic imine (C=N–C) groups is 2. The molecular weight excluding hydrogens is 323 g/mol. The van der Waals surface area contributed by atoms with Crippen LogP contribution in [-0.2, 0) is 0 Å². The van der Waals surface area contributed by atoms with Crippen molar-refractivity contribution in [3.8, 4) is 5.75 Å². The summed E-state index contributed by atoms with van der Waals surface area (Å²) in [6, 6.07) is 4.95. The predicted molar refractivity (Wildman–Crippen MR) is 99.3 cm³/mol. The Labute approximate surface area is 147 Å². The molecule has 0 radical (unpaired) electrons. The lowest BCUT2D eigenvalue weighted by molar-refractivity contribution is 0.386. The molecule has 8 heteroatoms. The molecule has 1 aromatic rings. The van der Waals surface area contributed by atoms with Gasteiger partial charge in [-0.2, -0.15) is 4.99 Å². The lowest BCUT2D eigenvalue weighted by Gasteiger charge is -2.15. The summed E-state index contributed by atoms with van der Waals surface area (Å²) in [6.07, 6.45) is 7.39. The fourth-order valence-electron chi connectivity index (χ4n) is 2.83. The molecule has 0 amide bonds. The van der Waals surface area contributed by atoms with Crippen molar-refractivity contribution in [2.24, 2.45) is 21.5 Å². The molecule has 1 aromatic carbocycles. The van der Waals surface area contributed by atoms with Crippen molar-refractivity contribution in [1.29, 1.82) is 0 Å². The zero-order valence-corrected chi connectivity index (χ0v) is 14.6. The van der Waals surface area contributed by atoms with Crippen molar-refractivity contribution in [2.75, 3.05) is 19.1 Å². The van der Waals surface area contributed by atoms with Crippen LogP contribution in [0, 0.1) is 5.82 Å². The third kappa shape index (κ3) is 6.58. The summed E-state index contributed by atoms with van der Waals surface area (Å²) in [5.41, 5.74) is 11.4. The van der Waals surface area contributed by atoms with Crippen molar-refractivity contribution in [1.82, 2.24) is 5.32 Å². The number of nitrogens with two attached hydrogens (primary N) is 2. The number of rotatable bonds is 5. The molecule has 0 spiro atoms. The molecule has 0 aromatic heterocycles. The van der Waals surface area contributed by atoms with Crippen molar-refractivity contribution in [3.05, 3.63) is 24.0 Å². The van der Waals surface area contributed by atoms with Crippen LogP contribution in [-0.4, -0.2) is 31.7 Å². The van der Waals surface area contributed by atoms with E-state index in [1.165, 1.54) is 44.9 Å². The van der Waals surface area contributed by atoms with Crippen LogP contribution in [0.3, 0.4) is 0 Å². The van der Waals surface area contributed by atoms with Crippen molar-refractivity contribution >= 4 is 17.6 Å². The fraction of sp³-hybridized carbons (Fsp3) is 0.529. The van der Waals surface area contributed by atoms with Crippen LogP contribution in [0.15, 0.2) is 28.2 Å². The van der Waals surface area contributed by atoms with E-state index < -0.39 is 5.82 Å². The Hall–Kier alpha value is -2.35. The molecule has 0 unspecified atom stereocenters. The van der Waals surface area contributed by atoms with E-state index in [1.807, 2.05) is 0 Å². The van der Waals surface area contributed by atoms with Crippen LogP contribution in [0.4, 0.5) is 10.1 Å². The molecule has 0 bridgehead atoms. The van der Waals surface area contributed by atoms with Gasteiger partial charge < -0.3 is 21.5 Å². The van der Waals surface area contributed by atoms with Gasteiger partial charge in [0.2, 0.25) is 5.96 Å². The van der Waals surface area contributed by atoms with Crippen molar-refractivity contribution < 1.29 is 9.13 Å². The highest BCUT2D eigenvalue weighted by atomic mass is 19.1. The van der Waals surface area contributed by atoms with Crippen molar-refractivity contribution in [3.63, 3.8) is 0 Å². The fourth-order valence-corrected chi connectivity index (χ4v) is 2.83. The number of methoxy groups -OCH3 is 1. The van der Waals surface area contributed by atoms with Gasteiger partial charge in [-0.25, -0.2) is 9.38 Å². The van der Waals surface area contributed by atoms with E-state index in [0.29, 0.717) is 18.4 Å². The van der Waals surface area contributed by atoms with Crippen molar-refractivity contribution in [2.45, 2.75) is 44.6 Å². The van der Waals surface area contributed by atoms with E-state index in [1.54, 1.807) is 6.07 Å². The zero-order valence-electron chi connectivity index (χ0n) is 14.6. The van der Waals surface area contributed by atoms with Crippen LogP contribution >= 0.6 is 0 Å². The second kappa shape index (κ2) is 9.83. The highest BCUT2D eigenvalue weighted by molar-refractivity contribution is 6.01. The lowest BCUT2D eigenvalue weighted by atomic mass is 10.1. The predicted octanol–water partition coefficient (Wildman–Crippen LogP) is 2.15. The Balaban J connectivity index is 1.99. The molecule has 0 aliphatic heterocycles. The molecule has 138 valence electrons. The highest BCUT2D eigenvalue weighted by Crippen LogP contribution is 2.20. The number of halogens is 1.